The summed E-state index contributed by atoms with van der Waals surface area (Å²) in [6, 6.07) is 6.87. The summed E-state index contributed by atoms with van der Waals surface area (Å²) in [4.78, 5) is 14.3. The molecule has 1 unspecified atom stereocenters. The fourth-order valence-corrected chi connectivity index (χ4v) is 2.33. The molecular weight excluding hydrogens is 288 g/mol. The fraction of sp³-hybridized carbons (Fsp3) is 0.467. The highest BCUT2D eigenvalue weighted by atomic mass is 35.5. The molecule has 0 aromatic heterocycles. The van der Waals surface area contributed by atoms with E-state index >= 15 is 0 Å². The van der Waals surface area contributed by atoms with Crippen LogP contribution in [0.15, 0.2) is 18.2 Å². The number of carbonyl (C=O) groups is 1. The van der Waals surface area contributed by atoms with E-state index in [4.69, 9.17) is 22.6 Å². The highest BCUT2D eigenvalue weighted by Crippen LogP contribution is 2.24. The molecule has 0 saturated carbocycles. The minimum Gasteiger partial charge on any atom is -0.399 e. The van der Waals surface area contributed by atoms with Crippen LogP contribution in [-0.2, 0) is 4.79 Å². The van der Waals surface area contributed by atoms with Crippen LogP contribution in [0.4, 0.5) is 11.4 Å². The summed E-state index contributed by atoms with van der Waals surface area (Å²) in [6.07, 6.45) is 0.387. The standard InChI is InChI=1S/C15H21ClN4O/c1-10(2)20(8-4-7-17)11(3)15(21)19-14-6-5-12(18)9-13(14)16/h5-6,9-11H,4,8,18H2,1-3H3,(H,19,21). The maximum absolute atomic E-state index is 12.3. The average molecular weight is 309 g/mol. The third-order valence-corrected chi connectivity index (χ3v) is 3.59. The number of rotatable bonds is 6. The van der Waals surface area contributed by atoms with Crippen molar-refractivity contribution in [1.29, 1.82) is 5.26 Å². The van der Waals surface area contributed by atoms with Gasteiger partial charge in [0.2, 0.25) is 5.91 Å². The smallest absolute Gasteiger partial charge is 0.241 e. The number of amides is 1. The number of nitrogens with zero attached hydrogens (tertiary/aromatic N) is 2. The summed E-state index contributed by atoms with van der Waals surface area (Å²) in [6.45, 7) is 6.37. The molecule has 5 nitrogen and oxygen atoms in total. The molecule has 1 aromatic rings. The lowest BCUT2D eigenvalue weighted by Crippen LogP contribution is -2.46. The van der Waals surface area contributed by atoms with E-state index in [0.29, 0.717) is 29.4 Å². The molecule has 0 radical (unpaired) electrons. The quantitative estimate of drug-likeness (QED) is 0.792. The van der Waals surface area contributed by atoms with Gasteiger partial charge in [0.05, 0.1) is 22.8 Å². The maximum atomic E-state index is 12.3. The van der Waals surface area contributed by atoms with E-state index in [1.54, 1.807) is 18.2 Å². The van der Waals surface area contributed by atoms with Crippen LogP contribution in [0.2, 0.25) is 5.02 Å². The lowest BCUT2D eigenvalue weighted by molar-refractivity contribution is -0.121. The second-order valence-electron chi connectivity index (χ2n) is 5.14. The summed E-state index contributed by atoms with van der Waals surface area (Å²) in [5, 5.41) is 11.9. The summed E-state index contributed by atoms with van der Waals surface area (Å²) in [7, 11) is 0. The van der Waals surface area contributed by atoms with Gasteiger partial charge >= 0.3 is 0 Å². The molecule has 1 amide bonds. The van der Waals surface area contributed by atoms with E-state index < -0.39 is 0 Å². The van der Waals surface area contributed by atoms with Crippen molar-refractivity contribution in [3.63, 3.8) is 0 Å². The normalized spacial score (nSPS) is 12.2. The minimum absolute atomic E-state index is 0.159. The molecule has 6 heteroatoms. The van der Waals surface area contributed by atoms with Crippen molar-refractivity contribution < 1.29 is 4.79 Å². The monoisotopic (exact) mass is 308 g/mol. The number of benzene rings is 1. The Morgan fingerprint density at radius 2 is 2.14 bits per heavy atom. The molecule has 0 saturated heterocycles. The molecule has 1 atom stereocenters. The van der Waals surface area contributed by atoms with Gasteiger partial charge in [-0.05, 0) is 39.0 Å². The molecule has 21 heavy (non-hydrogen) atoms. The number of nitrogens with one attached hydrogen (secondary N) is 1. The number of hydrogen-bond acceptors (Lipinski definition) is 4. The van der Waals surface area contributed by atoms with Gasteiger partial charge in [0, 0.05) is 24.7 Å². The SMILES string of the molecule is CC(C)N(CCC#N)C(C)C(=O)Nc1ccc(N)cc1Cl. The van der Waals surface area contributed by atoms with Gasteiger partial charge in [-0.2, -0.15) is 5.26 Å². The van der Waals surface area contributed by atoms with Crippen LogP contribution in [0.1, 0.15) is 27.2 Å². The van der Waals surface area contributed by atoms with E-state index in [1.165, 1.54) is 0 Å². The first kappa shape index (κ1) is 17.3. The number of hydrogen-bond donors (Lipinski definition) is 2. The number of anilines is 2. The lowest BCUT2D eigenvalue weighted by Gasteiger charge is -2.31. The highest BCUT2D eigenvalue weighted by Gasteiger charge is 2.23. The third kappa shape index (κ3) is 4.92. The van der Waals surface area contributed by atoms with Gasteiger partial charge in [-0.15, -0.1) is 0 Å². The van der Waals surface area contributed by atoms with Crippen LogP contribution in [0.25, 0.3) is 0 Å². The van der Waals surface area contributed by atoms with E-state index in [-0.39, 0.29) is 18.0 Å². The van der Waals surface area contributed by atoms with Gasteiger partial charge in [-0.1, -0.05) is 11.6 Å². The molecule has 0 aliphatic carbocycles. The summed E-state index contributed by atoms with van der Waals surface area (Å²) >= 11 is 6.05. The predicted molar refractivity (Wildman–Crippen MR) is 86.0 cm³/mol. The average Bonchev–Trinajstić information content (AvgIpc) is 2.41. The zero-order chi connectivity index (χ0) is 16.0. The van der Waals surface area contributed by atoms with Crippen LogP contribution >= 0.6 is 11.6 Å². The Kier molecular flexibility index (Phi) is 6.47. The number of halogens is 1. The minimum atomic E-state index is -0.355. The predicted octanol–water partition coefficient (Wildman–Crippen LogP) is 2.87. The second kappa shape index (κ2) is 7.87. The molecule has 1 aromatic carbocycles. The van der Waals surface area contributed by atoms with E-state index in [9.17, 15) is 4.79 Å². The zero-order valence-electron chi connectivity index (χ0n) is 12.6. The second-order valence-corrected chi connectivity index (χ2v) is 5.55. The Morgan fingerprint density at radius 3 is 2.67 bits per heavy atom. The van der Waals surface area contributed by atoms with Crippen LogP contribution < -0.4 is 11.1 Å². The largest absolute Gasteiger partial charge is 0.399 e. The number of nitrogens with two attached hydrogens (primary N) is 1. The van der Waals surface area contributed by atoms with E-state index in [2.05, 4.69) is 11.4 Å². The third-order valence-electron chi connectivity index (χ3n) is 3.27. The van der Waals surface area contributed by atoms with Crippen molar-refractivity contribution in [3.05, 3.63) is 23.2 Å². The molecule has 0 aliphatic heterocycles. The molecule has 0 heterocycles. The van der Waals surface area contributed by atoms with Crippen molar-refractivity contribution in [2.75, 3.05) is 17.6 Å². The van der Waals surface area contributed by atoms with Crippen molar-refractivity contribution in [3.8, 4) is 6.07 Å². The first-order valence-corrected chi connectivity index (χ1v) is 7.23. The van der Waals surface area contributed by atoms with Crippen LogP contribution in [0.5, 0.6) is 0 Å². The number of carbonyl (C=O) groups excluding carboxylic acids is 1. The Labute approximate surface area is 130 Å². The van der Waals surface area contributed by atoms with Gasteiger partial charge in [0.25, 0.3) is 0 Å². The van der Waals surface area contributed by atoms with Gasteiger partial charge in [0.1, 0.15) is 0 Å². The molecule has 1 rings (SSSR count). The van der Waals surface area contributed by atoms with Gasteiger partial charge in [-0.3, -0.25) is 9.69 Å². The van der Waals surface area contributed by atoms with Gasteiger partial charge < -0.3 is 11.1 Å². The first-order chi connectivity index (χ1) is 9.86. The number of nitriles is 1. The fourth-order valence-electron chi connectivity index (χ4n) is 2.10. The first-order valence-electron chi connectivity index (χ1n) is 6.85. The van der Waals surface area contributed by atoms with Gasteiger partial charge in [-0.25, -0.2) is 0 Å². The molecule has 0 spiro atoms. The van der Waals surface area contributed by atoms with E-state index in [1.807, 2.05) is 25.7 Å². The number of nitrogen functional groups attached to an aromatic ring is 1. The summed E-state index contributed by atoms with van der Waals surface area (Å²) < 4.78 is 0. The molecule has 0 bridgehead atoms. The molecule has 3 N–H and O–H groups in total. The van der Waals surface area contributed by atoms with Crippen molar-refractivity contribution >= 4 is 28.9 Å². The van der Waals surface area contributed by atoms with Crippen molar-refractivity contribution in [1.82, 2.24) is 4.90 Å². The topological polar surface area (TPSA) is 82.2 Å². The Bertz CT molecular complexity index is 539. The lowest BCUT2D eigenvalue weighted by atomic mass is 10.2. The Morgan fingerprint density at radius 1 is 1.48 bits per heavy atom. The Hall–Kier alpha value is -1.77. The molecule has 0 aliphatic rings. The molecule has 114 valence electrons. The maximum Gasteiger partial charge on any atom is 0.241 e. The van der Waals surface area contributed by atoms with Gasteiger partial charge in [0.15, 0.2) is 0 Å². The van der Waals surface area contributed by atoms with Crippen molar-refractivity contribution in [2.24, 2.45) is 0 Å². The highest BCUT2D eigenvalue weighted by molar-refractivity contribution is 6.34. The zero-order valence-corrected chi connectivity index (χ0v) is 13.3. The summed E-state index contributed by atoms with van der Waals surface area (Å²) in [5.41, 5.74) is 6.70. The summed E-state index contributed by atoms with van der Waals surface area (Å²) in [5.74, 6) is -0.159. The van der Waals surface area contributed by atoms with Crippen molar-refractivity contribution in [2.45, 2.75) is 39.3 Å². The molecular formula is C15H21ClN4O. The molecule has 0 fully saturated rings. The Balaban J connectivity index is 2.79. The van der Waals surface area contributed by atoms with E-state index in [0.717, 1.165) is 0 Å². The van der Waals surface area contributed by atoms with Crippen LogP contribution in [0, 0.1) is 11.3 Å². The van der Waals surface area contributed by atoms with Crippen LogP contribution in [-0.4, -0.2) is 29.4 Å². The van der Waals surface area contributed by atoms with Crippen LogP contribution in [0.3, 0.4) is 0 Å².